The van der Waals surface area contributed by atoms with Crippen LogP contribution in [0.3, 0.4) is 0 Å². The van der Waals surface area contributed by atoms with Crippen molar-refractivity contribution in [2.45, 2.75) is 44.6 Å². The summed E-state index contributed by atoms with van der Waals surface area (Å²) in [6.07, 6.45) is 3.34. The first-order valence-electron chi connectivity index (χ1n) is 7.00. The Hall–Kier alpha value is -1.43. The van der Waals surface area contributed by atoms with Crippen LogP contribution < -0.4 is 10.6 Å². The van der Waals surface area contributed by atoms with Crippen LogP contribution in [0.5, 0.6) is 0 Å². The smallest absolute Gasteiger partial charge is 0.319 e. The second-order valence-electron chi connectivity index (χ2n) is 5.57. The first kappa shape index (κ1) is 17.6. The Morgan fingerprint density at radius 2 is 1.95 bits per heavy atom. The van der Waals surface area contributed by atoms with Gasteiger partial charge in [0.25, 0.3) is 0 Å². The molecule has 0 unspecified atom stereocenters. The molecule has 1 aromatic rings. The number of halogens is 1. The number of rotatable bonds is 6. The van der Waals surface area contributed by atoms with E-state index in [0.717, 1.165) is 12.8 Å². The van der Waals surface area contributed by atoms with Gasteiger partial charge in [0, 0.05) is 18.0 Å². The SMILES string of the molecule is CC(C)CC[C@@H](C)NC(=O)Nc1ccc([S@@](C)=O)c(F)c1. The van der Waals surface area contributed by atoms with Crippen molar-refractivity contribution < 1.29 is 13.4 Å². The van der Waals surface area contributed by atoms with Crippen molar-refractivity contribution in [1.82, 2.24) is 5.32 Å². The lowest BCUT2D eigenvalue weighted by Crippen LogP contribution is -2.36. The third kappa shape index (κ3) is 6.25. The van der Waals surface area contributed by atoms with Gasteiger partial charge in [0.2, 0.25) is 0 Å². The summed E-state index contributed by atoms with van der Waals surface area (Å²) in [5, 5.41) is 5.39. The van der Waals surface area contributed by atoms with Crippen molar-refractivity contribution in [3.63, 3.8) is 0 Å². The molecule has 0 aliphatic carbocycles. The zero-order chi connectivity index (χ0) is 16.0. The van der Waals surface area contributed by atoms with E-state index in [9.17, 15) is 13.4 Å². The number of nitrogens with one attached hydrogen (secondary N) is 2. The molecule has 0 heterocycles. The normalized spacial score (nSPS) is 13.8. The van der Waals surface area contributed by atoms with Crippen LogP contribution in [0.4, 0.5) is 14.9 Å². The number of carbonyl (C=O) groups excluding carboxylic acids is 1. The van der Waals surface area contributed by atoms with Crippen LogP contribution in [0.15, 0.2) is 23.1 Å². The third-order valence-corrected chi connectivity index (χ3v) is 4.00. The summed E-state index contributed by atoms with van der Waals surface area (Å²) in [5.74, 6) is 0.00959. The fourth-order valence-electron chi connectivity index (χ4n) is 1.86. The van der Waals surface area contributed by atoms with Gasteiger partial charge in [0.15, 0.2) is 0 Å². The van der Waals surface area contributed by atoms with E-state index >= 15 is 0 Å². The number of amides is 2. The number of hydrogen-bond acceptors (Lipinski definition) is 2. The van der Waals surface area contributed by atoms with Gasteiger partial charge in [-0.3, -0.25) is 4.21 Å². The van der Waals surface area contributed by atoms with Crippen molar-refractivity contribution in [3.8, 4) is 0 Å². The summed E-state index contributed by atoms with van der Waals surface area (Å²) in [4.78, 5) is 11.9. The molecule has 21 heavy (non-hydrogen) atoms. The minimum atomic E-state index is -1.38. The van der Waals surface area contributed by atoms with Crippen LogP contribution in [-0.2, 0) is 10.8 Å². The van der Waals surface area contributed by atoms with Crippen molar-refractivity contribution in [1.29, 1.82) is 0 Å². The van der Waals surface area contributed by atoms with E-state index in [-0.39, 0.29) is 17.0 Å². The summed E-state index contributed by atoms with van der Waals surface area (Å²) < 4.78 is 24.9. The fraction of sp³-hybridized carbons (Fsp3) is 0.533. The van der Waals surface area contributed by atoms with Crippen LogP contribution >= 0.6 is 0 Å². The second-order valence-corrected chi connectivity index (χ2v) is 6.92. The molecule has 0 aliphatic rings. The lowest BCUT2D eigenvalue weighted by atomic mass is 10.0. The fourth-order valence-corrected chi connectivity index (χ4v) is 2.45. The van der Waals surface area contributed by atoms with Gasteiger partial charge < -0.3 is 10.6 Å². The minimum Gasteiger partial charge on any atom is -0.335 e. The molecule has 1 rings (SSSR count). The number of hydrogen-bond donors (Lipinski definition) is 2. The Morgan fingerprint density at radius 1 is 1.29 bits per heavy atom. The molecule has 0 aliphatic heterocycles. The quantitative estimate of drug-likeness (QED) is 0.844. The van der Waals surface area contributed by atoms with Crippen molar-refractivity contribution in [2.24, 2.45) is 5.92 Å². The van der Waals surface area contributed by atoms with Crippen LogP contribution in [0.1, 0.15) is 33.6 Å². The molecule has 6 heteroatoms. The van der Waals surface area contributed by atoms with Crippen LogP contribution in [-0.4, -0.2) is 22.5 Å². The highest BCUT2D eigenvalue weighted by Crippen LogP contribution is 2.17. The van der Waals surface area contributed by atoms with Crippen molar-refractivity contribution in [2.75, 3.05) is 11.6 Å². The molecular formula is C15H23FN2O2S. The van der Waals surface area contributed by atoms with Crippen LogP contribution in [0, 0.1) is 11.7 Å². The topological polar surface area (TPSA) is 58.2 Å². The molecule has 0 aromatic heterocycles. The first-order valence-corrected chi connectivity index (χ1v) is 8.56. The van der Waals surface area contributed by atoms with E-state index in [4.69, 9.17) is 0 Å². The van der Waals surface area contributed by atoms with Gasteiger partial charge in [-0.2, -0.15) is 0 Å². The first-order chi connectivity index (χ1) is 9.79. The molecule has 0 radical (unpaired) electrons. The van der Waals surface area contributed by atoms with Gasteiger partial charge in [0.05, 0.1) is 15.7 Å². The predicted molar refractivity (Wildman–Crippen MR) is 84.4 cm³/mol. The Bertz CT molecular complexity index is 520. The van der Waals surface area contributed by atoms with E-state index < -0.39 is 16.6 Å². The Balaban J connectivity index is 2.55. The van der Waals surface area contributed by atoms with Crippen LogP contribution in [0.25, 0.3) is 0 Å². The average molecular weight is 314 g/mol. The van der Waals surface area contributed by atoms with Gasteiger partial charge in [-0.25, -0.2) is 9.18 Å². The van der Waals surface area contributed by atoms with E-state index in [1.807, 2.05) is 6.92 Å². The zero-order valence-electron chi connectivity index (χ0n) is 12.9. The molecule has 0 saturated carbocycles. The highest BCUT2D eigenvalue weighted by molar-refractivity contribution is 7.84. The monoisotopic (exact) mass is 314 g/mol. The summed E-state index contributed by atoms with van der Waals surface area (Å²) in [6.45, 7) is 6.20. The van der Waals surface area contributed by atoms with Gasteiger partial charge in [-0.05, 0) is 43.9 Å². The lowest BCUT2D eigenvalue weighted by Gasteiger charge is -2.16. The van der Waals surface area contributed by atoms with Crippen LogP contribution in [0.2, 0.25) is 0 Å². The summed E-state index contributed by atoms with van der Waals surface area (Å²) >= 11 is 0. The molecule has 0 bridgehead atoms. The largest absolute Gasteiger partial charge is 0.335 e. The second kappa shape index (κ2) is 8.12. The maximum absolute atomic E-state index is 13.7. The average Bonchev–Trinajstić information content (AvgIpc) is 2.35. The van der Waals surface area contributed by atoms with Crippen molar-refractivity contribution >= 4 is 22.5 Å². The Labute approximate surface area is 128 Å². The third-order valence-electron chi connectivity index (χ3n) is 3.05. The molecule has 2 amide bonds. The molecule has 4 nitrogen and oxygen atoms in total. The van der Waals surface area contributed by atoms with E-state index in [1.54, 1.807) is 0 Å². The predicted octanol–water partition coefficient (Wildman–Crippen LogP) is 3.51. The molecule has 118 valence electrons. The van der Waals surface area contributed by atoms with Gasteiger partial charge in [-0.15, -0.1) is 0 Å². The molecule has 1 aromatic carbocycles. The number of anilines is 1. The Morgan fingerprint density at radius 3 is 2.48 bits per heavy atom. The molecule has 0 spiro atoms. The highest BCUT2D eigenvalue weighted by atomic mass is 32.2. The zero-order valence-corrected chi connectivity index (χ0v) is 13.7. The van der Waals surface area contributed by atoms with E-state index in [1.165, 1.54) is 24.5 Å². The summed E-state index contributed by atoms with van der Waals surface area (Å²) in [7, 11) is -1.38. The van der Waals surface area contributed by atoms with Crippen molar-refractivity contribution in [3.05, 3.63) is 24.0 Å². The van der Waals surface area contributed by atoms with E-state index in [2.05, 4.69) is 24.5 Å². The maximum atomic E-state index is 13.7. The van der Waals surface area contributed by atoms with Gasteiger partial charge in [0.1, 0.15) is 5.82 Å². The van der Waals surface area contributed by atoms with Gasteiger partial charge >= 0.3 is 6.03 Å². The number of urea groups is 1. The Kier molecular flexibility index (Phi) is 6.81. The molecule has 2 atom stereocenters. The number of benzene rings is 1. The lowest BCUT2D eigenvalue weighted by molar-refractivity contribution is 0.248. The summed E-state index contributed by atoms with van der Waals surface area (Å²) in [5.41, 5.74) is 0.343. The standard InChI is InChI=1S/C15H23FN2O2S/c1-10(2)5-6-11(3)17-15(19)18-12-7-8-14(21(4)20)13(16)9-12/h7-11H,5-6H2,1-4H3,(H2,17,18,19)/t11-,21-/m1/s1. The van der Waals surface area contributed by atoms with Gasteiger partial charge in [-0.1, -0.05) is 13.8 Å². The molecule has 2 N–H and O–H groups in total. The highest BCUT2D eigenvalue weighted by Gasteiger charge is 2.11. The minimum absolute atomic E-state index is 0.0552. The molecular weight excluding hydrogens is 291 g/mol. The molecule has 0 fully saturated rings. The molecule has 0 saturated heterocycles. The number of carbonyl (C=O) groups is 1. The summed E-state index contributed by atoms with van der Waals surface area (Å²) in [6, 6.07) is 3.83. The maximum Gasteiger partial charge on any atom is 0.319 e. The van der Waals surface area contributed by atoms with E-state index in [0.29, 0.717) is 11.6 Å².